The largest absolute Gasteiger partial charge is 0.392 e. The van der Waals surface area contributed by atoms with Crippen molar-refractivity contribution < 1.29 is 5.11 Å². The average Bonchev–Trinajstić information content (AvgIpc) is 2.34. The maximum absolute atomic E-state index is 9.32. The van der Waals surface area contributed by atoms with E-state index < -0.39 is 0 Å². The van der Waals surface area contributed by atoms with E-state index in [-0.39, 0.29) is 12.5 Å². The van der Waals surface area contributed by atoms with Crippen LogP contribution in [0.25, 0.3) is 0 Å². The summed E-state index contributed by atoms with van der Waals surface area (Å²) in [6.07, 6.45) is 0.402. The molecule has 1 atom stereocenters. The van der Waals surface area contributed by atoms with Gasteiger partial charge in [0.25, 0.3) is 0 Å². The van der Waals surface area contributed by atoms with Gasteiger partial charge in [-0.25, -0.2) is 0 Å². The molecule has 1 aromatic rings. The van der Waals surface area contributed by atoms with E-state index in [2.05, 4.69) is 12.1 Å². The third-order valence-electron chi connectivity index (χ3n) is 2.96. The Hall–Kier alpha value is -1.84. The van der Waals surface area contributed by atoms with E-state index in [1.54, 1.807) is 18.2 Å². The molecule has 0 aliphatic heterocycles. The van der Waals surface area contributed by atoms with Crippen LogP contribution >= 0.6 is 0 Å². The summed E-state index contributed by atoms with van der Waals surface area (Å²) in [7, 11) is 0. The van der Waals surface area contributed by atoms with E-state index in [0.29, 0.717) is 17.9 Å². The van der Waals surface area contributed by atoms with Crippen molar-refractivity contribution in [3.05, 3.63) is 34.9 Å². The summed E-state index contributed by atoms with van der Waals surface area (Å²) in [6.45, 7) is 4.03. The van der Waals surface area contributed by atoms with Gasteiger partial charge >= 0.3 is 0 Å². The van der Waals surface area contributed by atoms with Crippen LogP contribution < -0.4 is 0 Å². The van der Waals surface area contributed by atoms with Gasteiger partial charge in [0, 0.05) is 6.42 Å². The van der Waals surface area contributed by atoms with Crippen molar-refractivity contribution in [3.8, 4) is 12.1 Å². The Labute approximate surface area is 102 Å². The number of rotatable bonds is 4. The standard InChI is InChI=1S/C14H16N2O/c1-10(2)13(5-6-15)14-7-11(8-16)3-4-12(14)9-17/h3-4,7,10,13,17H,5,9H2,1-2H3. The van der Waals surface area contributed by atoms with Crippen molar-refractivity contribution in [3.63, 3.8) is 0 Å². The van der Waals surface area contributed by atoms with E-state index in [4.69, 9.17) is 10.5 Å². The summed E-state index contributed by atoms with van der Waals surface area (Å²) in [5.74, 6) is 0.365. The van der Waals surface area contributed by atoms with Crippen LogP contribution in [0.15, 0.2) is 18.2 Å². The molecule has 1 rings (SSSR count). The van der Waals surface area contributed by atoms with Crippen molar-refractivity contribution >= 4 is 0 Å². The Morgan fingerprint density at radius 2 is 2.00 bits per heavy atom. The predicted octanol–water partition coefficient (Wildman–Crippen LogP) is 2.70. The lowest BCUT2D eigenvalue weighted by Crippen LogP contribution is -2.09. The number of nitrogens with zero attached hydrogens (tertiary/aromatic N) is 2. The molecule has 0 radical (unpaired) electrons. The molecule has 17 heavy (non-hydrogen) atoms. The lowest BCUT2D eigenvalue weighted by Gasteiger charge is -2.21. The predicted molar refractivity (Wildman–Crippen MR) is 64.9 cm³/mol. The first-order valence-corrected chi connectivity index (χ1v) is 5.64. The van der Waals surface area contributed by atoms with Gasteiger partial charge in [0.1, 0.15) is 0 Å². The first-order chi connectivity index (χ1) is 8.13. The van der Waals surface area contributed by atoms with Crippen LogP contribution in [-0.2, 0) is 6.61 Å². The molecule has 1 N–H and O–H groups in total. The number of aliphatic hydroxyl groups is 1. The third-order valence-corrected chi connectivity index (χ3v) is 2.96. The molecule has 0 aliphatic rings. The number of aliphatic hydroxyl groups excluding tert-OH is 1. The van der Waals surface area contributed by atoms with E-state index in [1.807, 2.05) is 13.8 Å². The summed E-state index contributed by atoms with van der Waals surface area (Å²) >= 11 is 0. The Bertz CT molecular complexity index is 466. The number of hydrogen-bond acceptors (Lipinski definition) is 3. The van der Waals surface area contributed by atoms with Crippen LogP contribution in [0.2, 0.25) is 0 Å². The van der Waals surface area contributed by atoms with Crippen molar-refractivity contribution in [2.75, 3.05) is 0 Å². The topological polar surface area (TPSA) is 67.8 Å². The highest BCUT2D eigenvalue weighted by Gasteiger charge is 2.19. The van der Waals surface area contributed by atoms with Gasteiger partial charge in [0.05, 0.1) is 24.3 Å². The van der Waals surface area contributed by atoms with Crippen LogP contribution in [0.1, 0.15) is 42.9 Å². The first kappa shape index (κ1) is 13.2. The van der Waals surface area contributed by atoms with Gasteiger partial charge < -0.3 is 5.11 Å². The fourth-order valence-electron chi connectivity index (χ4n) is 1.96. The fraction of sp³-hybridized carbons (Fsp3) is 0.429. The highest BCUT2D eigenvalue weighted by atomic mass is 16.3. The molecule has 88 valence electrons. The normalized spacial score (nSPS) is 11.9. The van der Waals surface area contributed by atoms with Gasteiger partial charge in [-0.2, -0.15) is 10.5 Å². The Balaban J connectivity index is 3.25. The van der Waals surface area contributed by atoms with Gasteiger partial charge in [-0.05, 0) is 35.1 Å². The van der Waals surface area contributed by atoms with Gasteiger partial charge in [0.2, 0.25) is 0 Å². The van der Waals surface area contributed by atoms with Gasteiger partial charge in [-0.1, -0.05) is 19.9 Å². The van der Waals surface area contributed by atoms with Crippen LogP contribution in [0.4, 0.5) is 0 Å². The smallest absolute Gasteiger partial charge is 0.0991 e. The molecule has 0 fully saturated rings. The Morgan fingerprint density at radius 3 is 2.47 bits per heavy atom. The van der Waals surface area contributed by atoms with Crippen molar-refractivity contribution in [2.45, 2.75) is 32.8 Å². The van der Waals surface area contributed by atoms with Gasteiger partial charge in [-0.15, -0.1) is 0 Å². The molecule has 0 aliphatic carbocycles. The molecule has 0 heterocycles. The van der Waals surface area contributed by atoms with E-state index >= 15 is 0 Å². The molecule has 0 spiro atoms. The monoisotopic (exact) mass is 228 g/mol. The maximum atomic E-state index is 9.32. The minimum absolute atomic E-state index is 0.0598. The minimum atomic E-state index is -0.0598. The van der Waals surface area contributed by atoms with Crippen LogP contribution in [-0.4, -0.2) is 5.11 Å². The zero-order valence-corrected chi connectivity index (χ0v) is 10.1. The molecule has 1 unspecified atom stereocenters. The van der Waals surface area contributed by atoms with Gasteiger partial charge in [0.15, 0.2) is 0 Å². The zero-order valence-electron chi connectivity index (χ0n) is 10.1. The van der Waals surface area contributed by atoms with Crippen LogP contribution in [0.3, 0.4) is 0 Å². The lowest BCUT2D eigenvalue weighted by molar-refractivity contribution is 0.279. The van der Waals surface area contributed by atoms with E-state index in [0.717, 1.165) is 11.1 Å². The quantitative estimate of drug-likeness (QED) is 0.861. The summed E-state index contributed by atoms with van der Waals surface area (Å²) in [6, 6.07) is 9.50. The molecule has 3 heteroatoms. The third kappa shape index (κ3) is 3.06. The van der Waals surface area contributed by atoms with Crippen molar-refractivity contribution in [2.24, 2.45) is 5.92 Å². The number of benzene rings is 1. The second-order valence-electron chi connectivity index (χ2n) is 4.40. The highest BCUT2D eigenvalue weighted by Crippen LogP contribution is 2.31. The van der Waals surface area contributed by atoms with Crippen molar-refractivity contribution in [1.29, 1.82) is 10.5 Å². The molecule has 0 bridgehead atoms. The minimum Gasteiger partial charge on any atom is -0.392 e. The average molecular weight is 228 g/mol. The Kier molecular flexibility index (Phi) is 4.69. The molecule has 0 saturated carbocycles. The number of hydrogen-bond donors (Lipinski definition) is 1. The lowest BCUT2D eigenvalue weighted by atomic mass is 9.83. The maximum Gasteiger partial charge on any atom is 0.0991 e. The molecule has 0 amide bonds. The highest BCUT2D eigenvalue weighted by molar-refractivity contribution is 5.40. The molecule has 0 saturated heterocycles. The second kappa shape index (κ2) is 6.03. The molecule has 3 nitrogen and oxygen atoms in total. The molecular weight excluding hydrogens is 212 g/mol. The fourth-order valence-corrected chi connectivity index (χ4v) is 1.96. The summed E-state index contributed by atoms with van der Waals surface area (Å²) in [5.41, 5.74) is 2.29. The van der Waals surface area contributed by atoms with E-state index in [9.17, 15) is 5.11 Å². The van der Waals surface area contributed by atoms with Crippen LogP contribution in [0, 0.1) is 28.6 Å². The Morgan fingerprint density at radius 1 is 1.29 bits per heavy atom. The van der Waals surface area contributed by atoms with Crippen LogP contribution in [0.5, 0.6) is 0 Å². The molecule has 0 aromatic heterocycles. The molecular formula is C14H16N2O. The first-order valence-electron chi connectivity index (χ1n) is 5.64. The van der Waals surface area contributed by atoms with Gasteiger partial charge in [-0.3, -0.25) is 0 Å². The summed E-state index contributed by atoms with van der Waals surface area (Å²) < 4.78 is 0. The van der Waals surface area contributed by atoms with Crippen molar-refractivity contribution in [1.82, 2.24) is 0 Å². The summed E-state index contributed by atoms with van der Waals surface area (Å²) in [5, 5.41) is 27.1. The SMILES string of the molecule is CC(C)C(CC#N)c1cc(C#N)ccc1CO. The number of nitriles is 2. The second-order valence-corrected chi connectivity index (χ2v) is 4.40. The molecule has 1 aromatic carbocycles. The zero-order chi connectivity index (χ0) is 12.8. The summed E-state index contributed by atoms with van der Waals surface area (Å²) in [4.78, 5) is 0. The van der Waals surface area contributed by atoms with E-state index in [1.165, 1.54) is 0 Å².